The molecule has 0 spiro atoms. The fourth-order valence-electron chi connectivity index (χ4n) is 3.91. The summed E-state index contributed by atoms with van der Waals surface area (Å²) in [6.07, 6.45) is 5.67. The minimum absolute atomic E-state index is 0.128. The van der Waals surface area contributed by atoms with Crippen LogP contribution in [0.25, 0.3) is 5.69 Å². The molecule has 1 aliphatic rings. The van der Waals surface area contributed by atoms with Crippen molar-refractivity contribution >= 4 is 17.5 Å². The smallest absolute Gasteiger partial charge is 0.254 e. The molecule has 7 heteroatoms. The number of carbonyl (C=O) groups is 2. The maximum Gasteiger partial charge on any atom is 0.254 e. The second kappa shape index (κ2) is 8.49. The lowest BCUT2D eigenvalue weighted by molar-refractivity contribution is -0.121. The first-order chi connectivity index (χ1) is 14.5. The van der Waals surface area contributed by atoms with Crippen LogP contribution in [0.4, 0.5) is 5.69 Å². The van der Waals surface area contributed by atoms with Crippen molar-refractivity contribution in [3.8, 4) is 5.69 Å². The Hall–Kier alpha value is -3.48. The molecule has 154 valence electrons. The Balaban J connectivity index is 1.48. The van der Waals surface area contributed by atoms with E-state index in [2.05, 4.69) is 15.4 Å². The van der Waals surface area contributed by atoms with Gasteiger partial charge < -0.3 is 10.2 Å². The van der Waals surface area contributed by atoms with Crippen molar-refractivity contribution < 1.29 is 9.59 Å². The van der Waals surface area contributed by atoms with Crippen molar-refractivity contribution in [2.45, 2.75) is 39.2 Å². The third-order valence-electron chi connectivity index (χ3n) is 5.38. The standard InChI is InChI=1S/C23H25N5O2/c1-16-15-17(2)28(26-16)20-8-6-19(7-9-20)25-22(29)21-5-3-4-14-27(21)23(30)18-10-12-24-13-11-18/h6-13,15,21H,3-5,14H2,1-2H3,(H,25,29). The number of amides is 2. The van der Waals surface area contributed by atoms with Crippen LogP contribution in [0.3, 0.4) is 0 Å². The molecular weight excluding hydrogens is 378 g/mol. The highest BCUT2D eigenvalue weighted by molar-refractivity contribution is 6.01. The SMILES string of the molecule is Cc1cc(C)n(-c2ccc(NC(=O)C3CCCCN3C(=O)c3ccncc3)cc2)n1. The molecule has 1 saturated heterocycles. The highest BCUT2D eigenvalue weighted by Gasteiger charge is 2.32. The summed E-state index contributed by atoms with van der Waals surface area (Å²) in [6, 6.07) is 12.5. The number of carbonyl (C=O) groups excluding carboxylic acids is 2. The molecular formula is C23H25N5O2. The van der Waals surface area contributed by atoms with Crippen LogP contribution in [0.5, 0.6) is 0 Å². The van der Waals surface area contributed by atoms with Crippen LogP contribution in [-0.4, -0.2) is 44.1 Å². The molecule has 0 saturated carbocycles. The van der Waals surface area contributed by atoms with Crippen LogP contribution in [0.2, 0.25) is 0 Å². The summed E-state index contributed by atoms with van der Waals surface area (Å²) in [5, 5.41) is 7.45. The molecule has 30 heavy (non-hydrogen) atoms. The van der Waals surface area contributed by atoms with Gasteiger partial charge in [-0.2, -0.15) is 5.10 Å². The van der Waals surface area contributed by atoms with Gasteiger partial charge in [-0.25, -0.2) is 4.68 Å². The van der Waals surface area contributed by atoms with Gasteiger partial charge in [-0.1, -0.05) is 0 Å². The highest BCUT2D eigenvalue weighted by Crippen LogP contribution is 2.22. The van der Waals surface area contributed by atoms with Gasteiger partial charge in [0.1, 0.15) is 6.04 Å². The molecule has 1 unspecified atom stereocenters. The molecule has 4 rings (SSSR count). The van der Waals surface area contributed by atoms with Crippen molar-refractivity contribution in [2.75, 3.05) is 11.9 Å². The number of hydrogen-bond donors (Lipinski definition) is 1. The van der Waals surface area contributed by atoms with E-state index in [4.69, 9.17) is 0 Å². The summed E-state index contributed by atoms with van der Waals surface area (Å²) >= 11 is 0. The van der Waals surface area contributed by atoms with E-state index in [1.807, 2.05) is 48.9 Å². The van der Waals surface area contributed by atoms with E-state index in [1.54, 1.807) is 29.4 Å². The summed E-state index contributed by atoms with van der Waals surface area (Å²) in [4.78, 5) is 31.5. The van der Waals surface area contributed by atoms with Crippen molar-refractivity contribution in [3.05, 3.63) is 71.8 Å². The van der Waals surface area contributed by atoms with Crippen molar-refractivity contribution in [1.82, 2.24) is 19.7 Å². The van der Waals surface area contributed by atoms with E-state index in [0.717, 1.165) is 29.9 Å². The average Bonchev–Trinajstić information content (AvgIpc) is 3.12. The van der Waals surface area contributed by atoms with E-state index in [9.17, 15) is 9.59 Å². The van der Waals surface area contributed by atoms with Gasteiger partial charge in [0.2, 0.25) is 5.91 Å². The summed E-state index contributed by atoms with van der Waals surface area (Å²) < 4.78 is 1.87. The van der Waals surface area contributed by atoms with E-state index in [0.29, 0.717) is 24.2 Å². The Morgan fingerprint density at radius 1 is 1.03 bits per heavy atom. The van der Waals surface area contributed by atoms with Crippen LogP contribution >= 0.6 is 0 Å². The predicted octanol–water partition coefficient (Wildman–Crippen LogP) is 3.52. The molecule has 3 aromatic rings. The van der Waals surface area contributed by atoms with Gasteiger partial charge in [0.05, 0.1) is 11.4 Å². The number of pyridine rings is 1. The predicted molar refractivity (Wildman–Crippen MR) is 115 cm³/mol. The molecule has 1 aromatic carbocycles. The fourth-order valence-corrected chi connectivity index (χ4v) is 3.91. The molecule has 1 aliphatic heterocycles. The number of anilines is 1. The molecule has 1 fully saturated rings. The normalized spacial score (nSPS) is 16.3. The van der Waals surface area contributed by atoms with Crippen LogP contribution < -0.4 is 5.32 Å². The lowest BCUT2D eigenvalue weighted by atomic mass is 10.00. The number of rotatable bonds is 4. The number of piperidine rings is 1. The van der Waals surface area contributed by atoms with Crippen LogP contribution in [-0.2, 0) is 4.79 Å². The molecule has 7 nitrogen and oxygen atoms in total. The number of nitrogens with zero attached hydrogens (tertiary/aromatic N) is 4. The van der Waals surface area contributed by atoms with E-state index in [-0.39, 0.29) is 11.8 Å². The molecule has 0 aliphatic carbocycles. The monoisotopic (exact) mass is 403 g/mol. The summed E-state index contributed by atoms with van der Waals surface area (Å²) in [5.74, 6) is -0.284. The molecule has 1 atom stereocenters. The topological polar surface area (TPSA) is 80.1 Å². The third kappa shape index (κ3) is 4.10. The lowest BCUT2D eigenvalue weighted by Gasteiger charge is -2.34. The van der Waals surface area contributed by atoms with Crippen LogP contribution in [0, 0.1) is 13.8 Å². The van der Waals surface area contributed by atoms with Gasteiger partial charge in [0, 0.05) is 35.9 Å². The van der Waals surface area contributed by atoms with Crippen LogP contribution in [0.1, 0.15) is 41.0 Å². The Bertz CT molecular complexity index is 1040. The first-order valence-corrected chi connectivity index (χ1v) is 10.2. The number of aryl methyl sites for hydroxylation is 2. The van der Waals surface area contributed by atoms with Gasteiger partial charge >= 0.3 is 0 Å². The van der Waals surface area contributed by atoms with Crippen molar-refractivity contribution in [1.29, 1.82) is 0 Å². The Morgan fingerprint density at radius 2 is 1.77 bits per heavy atom. The van der Waals surface area contributed by atoms with Gasteiger partial charge in [-0.15, -0.1) is 0 Å². The molecule has 3 heterocycles. The second-order valence-corrected chi connectivity index (χ2v) is 7.62. The van der Waals surface area contributed by atoms with Crippen molar-refractivity contribution in [3.63, 3.8) is 0 Å². The summed E-state index contributed by atoms with van der Waals surface area (Å²) in [6.45, 7) is 4.55. The van der Waals surface area contributed by atoms with Gasteiger partial charge in [0.15, 0.2) is 0 Å². The molecule has 2 amide bonds. The number of benzene rings is 1. The molecule has 0 bridgehead atoms. The Kier molecular flexibility index (Phi) is 5.61. The van der Waals surface area contributed by atoms with E-state index in [1.165, 1.54) is 0 Å². The molecule has 2 aromatic heterocycles. The first-order valence-electron chi connectivity index (χ1n) is 10.2. The number of hydrogen-bond acceptors (Lipinski definition) is 4. The zero-order chi connectivity index (χ0) is 21.1. The maximum absolute atomic E-state index is 13.0. The van der Waals surface area contributed by atoms with Gasteiger partial charge in [-0.3, -0.25) is 14.6 Å². The first kappa shape index (κ1) is 19.8. The maximum atomic E-state index is 13.0. The fraction of sp³-hybridized carbons (Fsp3) is 0.304. The minimum atomic E-state index is -0.477. The van der Waals surface area contributed by atoms with E-state index >= 15 is 0 Å². The zero-order valence-corrected chi connectivity index (χ0v) is 17.2. The van der Waals surface area contributed by atoms with Crippen molar-refractivity contribution in [2.24, 2.45) is 0 Å². The zero-order valence-electron chi connectivity index (χ0n) is 17.2. The lowest BCUT2D eigenvalue weighted by Crippen LogP contribution is -2.50. The minimum Gasteiger partial charge on any atom is -0.327 e. The van der Waals surface area contributed by atoms with Crippen LogP contribution in [0.15, 0.2) is 54.9 Å². The highest BCUT2D eigenvalue weighted by atomic mass is 16.2. The number of likely N-dealkylation sites (tertiary alicyclic amines) is 1. The summed E-state index contributed by atoms with van der Waals surface area (Å²) in [7, 11) is 0. The van der Waals surface area contributed by atoms with E-state index < -0.39 is 6.04 Å². The summed E-state index contributed by atoms with van der Waals surface area (Å²) in [5.41, 5.74) is 4.20. The Labute approximate surface area is 175 Å². The largest absolute Gasteiger partial charge is 0.327 e. The number of aromatic nitrogens is 3. The second-order valence-electron chi connectivity index (χ2n) is 7.62. The molecule has 0 radical (unpaired) electrons. The quantitative estimate of drug-likeness (QED) is 0.723. The number of nitrogens with one attached hydrogen (secondary N) is 1. The Morgan fingerprint density at radius 3 is 2.43 bits per heavy atom. The van der Waals surface area contributed by atoms with Gasteiger partial charge in [-0.05, 0) is 75.6 Å². The third-order valence-corrected chi connectivity index (χ3v) is 5.38. The van der Waals surface area contributed by atoms with Gasteiger partial charge in [0.25, 0.3) is 5.91 Å². The average molecular weight is 403 g/mol. The molecule has 1 N–H and O–H groups in total.